The maximum Gasteiger partial charge on any atom is 0.321 e. The van der Waals surface area contributed by atoms with E-state index in [0.717, 1.165) is 28.0 Å². The fourth-order valence-corrected chi connectivity index (χ4v) is 3.76. The number of carboxylic acid groups (broad SMARTS) is 1. The summed E-state index contributed by atoms with van der Waals surface area (Å²) in [5.41, 5.74) is 5.24. The third kappa shape index (κ3) is 2.80. The van der Waals surface area contributed by atoms with Crippen LogP contribution in [-0.2, 0) is 24.3 Å². The van der Waals surface area contributed by atoms with Gasteiger partial charge in [0.1, 0.15) is 6.04 Å². The highest BCUT2D eigenvalue weighted by Gasteiger charge is 2.33. The number of hydrogen-bond acceptors (Lipinski definition) is 4. The molecular weight excluding hydrogens is 332 g/mol. The van der Waals surface area contributed by atoms with E-state index < -0.39 is 12.0 Å². The van der Waals surface area contributed by atoms with Gasteiger partial charge in [-0.3, -0.25) is 14.5 Å². The summed E-state index contributed by atoms with van der Waals surface area (Å²) in [6.07, 6.45) is 1.95. The number of H-pyrrole nitrogens is 2. The van der Waals surface area contributed by atoms with Gasteiger partial charge in [-0.25, -0.2) is 4.98 Å². The van der Waals surface area contributed by atoms with Gasteiger partial charge in [-0.1, -0.05) is 6.07 Å². The van der Waals surface area contributed by atoms with Crippen molar-refractivity contribution in [2.75, 3.05) is 0 Å². The average Bonchev–Trinajstić information content (AvgIpc) is 3.02. The van der Waals surface area contributed by atoms with Gasteiger partial charge in [-0.05, 0) is 31.0 Å². The number of nitrogens with one attached hydrogen (secondary N) is 2. The monoisotopic (exact) mass is 352 g/mol. The molecule has 0 aliphatic carbocycles. The molecule has 0 unspecified atom stereocenters. The Balaban J connectivity index is 1.72. The van der Waals surface area contributed by atoms with Crippen LogP contribution in [0.15, 0.2) is 29.3 Å². The Hall–Kier alpha value is -2.93. The quantitative estimate of drug-likeness (QED) is 0.668. The van der Waals surface area contributed by atoms with Crippen molar-refractivity contribution >= 4 is 16.9 Å². The van der Waals surface area contributed by atoms with Crippen LogP contribution in [-0.4, -0.2) is 37.0 Å². The molecule has 0 saturated carbocycles. The van der Waals surface area contributed by atoms with Crippen LogP contribution in [0.5, 0.6) is 0 Å². The van der Waals surface area contributed by atoms with Crippen LogP contribution in [0.4, 0.5) is 0 Å². The fourth-order valence-electron chi connectivity index (χ4n) is 3.76. The highest BCUT2D eigenvalue weighted by Crippen LogP contribution is 2.23. The first-order chi connectivity index (χ1) is 12.4. The van der Waals surface area contributed by atoms with E-state index in [1.807, 2.05) is 30.9 Å². The molecule has 0 fully saturated rings. The van der Waals surface area contributed by atoms with Gasteiger partial charge in [0.25, 0.3) is 0 Å². The van der Waals surface area contributed by atoms with Crippen molar-refractivity contribution in [3.8, 4) is 0 Å². The summed E-state index contributed by atoms with van der Waals surface area (Å²) in [5, 5.41) is 10.3. The Morgan fingerprint density at radius 3 is 2.92 bits per heavy atom. The molecule has 3 heterocycles. The Kier molecular flexibility index (Phi) is 3.88. The number of pyridine rings is 1. The first-order valence-corrected chi connectivity index (χ1v) is 8.53. The van der Waals surface area contributed by atoms with Crippen LogP contribution in [0.3, 0.4) is 0 Å². The van der Waals surface area contributed by atoms with Crippen molar-refractivity contribution in [3.63, 3.8) is 0 Å². The standard InChI is InChI=1S/C19H20N4O3/c1-10-3-11(2)18-13(4-10)17(24)5-12(22-18)7-23-8-15-14(20-9-21-15)6-16(23)19(25)26/h3-5,9,16H,6-8H2,1-2H3,(H,20,21)(H,22,24)(H,25,26)/t16-/m1/s1. The second kappa shape index (κ2) is 6.10. The molecule has 2 aromatic heterocycles. The van der Waals surface area contributed by atoms with Gasteiger partial charge in [0.15, 0.2) is 5.43 Å². The molecule has 3 aromatic rings. The Labute approximate surface area is 149 Å². The molecule has 7 heteroatoms. The summed E-state index contributed by atoms with van der Waals surface area (Å²) >= 11 is 0. The lowest BCUT2D eigenvalue weighted by Crippen LogP contribution is -2.45. The van der Waals surface area contributed by atoms with E-state index in [1.165, 1.54) is 0 Å². The molecule has 1 aliphatic rings. The smallest absolute Gasteiger partial charge is 0.321 e. The normalized spacial score (nSPS) is 17.4. The second-order valence-corrected chi connectivity index (χ2v) is 6.95. The predicted molar refractivity (Wildman–Crippen MR) is 97.0 cm³/mol. The minimum Gasteiger partial charge on any atom is -0.480 e. The van der Waals surface area contributed by atoms with Crippen molar-refractivity contribution < 1.29 is 9.90 Å². The zero-order valence-corrected chi connectivity index (χ0v) is 14.7. The molecule has 3 N–H and O–H groups in total. The number of aryl methyl sites for hydroxylation is 2. The second-order valence-electron chi connectivity index (χ2n) is 6.95. The number of carboxylic acids is 1. The average molecular weight is 352 g/mol. The lowest BCUT2D eigenvalue weighted by Gasteiger charge is -2.32. The summed E-state index contributed by atoms with van der Waals surface area (Å²) in [6, 6.07) is 4.81. The van der Waals surface area contributed by atoms with E-state index >= 15 is 0 Å². The van der Waals surface area contributed by atoms with Crippen LogP contribution in [0.2, 0.25) is 0 Å². The number of hydrogen-bond donors (Lipinski definition) is 3. The number of aliphatic carboxylic acids is 1. The molecule has 0 radical (unpaired) electrons. The van der Waals surface area contributed by atoms with E-state index in [2.05, 4.69) is 15.0 Å². The minimum atomic E-state index is -0.881. The molecule has 134 valence electrons. The lowest BCUT2D eigenvalue weighted by molar-refractivity contribution is -0.144. The van der Waals surface area contributed by atoms with Crippen molar-refractivity contribution in [1.29, 1.82) is 0 Å². The Morgan fingerprint density at radius 1 is 1.35 bits per heavy atom. The maximum atomic E-state index is 12.5. The van der Waals surface area contributed by atoms with Gasteiger partial charge in [0.2, 0.25) is 0 Å². The molecule has 0 bridgehead atoms. The fraction of sp³-hybridized carbons (Fsp3) is 0.316. The largest absolute Gasteiger partial charge is 0.480 e. The summed E-state index contributed by atoms with van der Waals surface area (Å²) in [7, 11) is 0. The van der Waals surface area contributed by atoms with Crippen molar-refractivity contribution in [1.82, 2.24) is 19.9 Å². The number of fused-ring (bicyclic) bond motifs is 2. The lowest BCUT2D eigenvalue weighted by atomic mass is 10.0. The summed E-state index contributed by atoms with van der Waals surface area (Å²) < 4.78 is 0. The van der Waals surface area contributed by atoms with E-state index in [9.17, 15) is 14.7 Å². The first kappa shape index (κ1) is 16.5. The molecule has 1 atom stereocenters. The van der Waals surface area contributed by atoms with Crippen molar-refractivity contribution in [2.45, 2.75) is 39.4 Å². The maximum absolute atomic E-state index is 12.5. The summed E-state index contributed by atoms with van der Waals surface area (Å²) in [6.45, 7) is 4.74. The number of aromatic amines is 2. The number of imidazole rings is 1. The van der Waals surface area contributed by atoms with Crippen LogP contribution in [0.25, 0.3) is 10.9 Å². The highest BCUT2D eigenvalue weighted by molar-refractivity contribution is 5.82. The van der Waals surface area contributed by atoms with Crippen molar-refractivity contribution in [3.05, 3.63) is 63.0 Å². The summed E-state index contributed by atoms with van der Waals surface area (Å²) in [5.74, 6) is -0.881. The molecule has 4 rings (SSSR count). The SMILES string of the molecule is Cc1cc(C)c2[nH]c(CN3Cc4[nH]cnc4C[C@@H]3C(=O)O)cc(=O)c2c1. The van der Waals surface area contributed by atoms with E-state index in [-0.39, 0.29) is 5.43 Å². The number of rotatable bonds is 3. The molecule has 7 nitrogen and oxygen atoms in total. The highest BCUT2D eigenvalue weighted by atomic mass is 16.4. The molecule has 0 amide bonds. The number of benzene rings is 1. The molecule has 0 spiro atoms. The summed E-state index contributed by atoms with van der Waals surface area (Å²) in [4.78, 5) is 36.7. The number of nitrogens with zero attached hydrogens (tertiary/aromatic N) is 2. The third-order valence-electron chi connectivity index (χ3n) is 4.99. The molecule has 0 saturated heterocycles. The van der Waals surface area contributed by atoms with Crippen LogP contribution in [0, 0.1) is 13.8 Å². The predicted octanol–water partition coefficient (Wildman–Crippen LogP) is 1.88. The van der Waals surface area contributed by atoms with Crippen LogP contribution < -0.4 is 5.43 Å². The van der Waals surface area contributed by atoms with E-state index in [1.54, 1.807) is 12.4 Å². The Bertz CT molecular complexity index is 1070. The van der Waals surface area contributed by atoms with Gasteiger partial charge < -0.3 is 15.1 Å². The zero-order chi connectivity index (χ0) is 18.4. The molecule has 26 heavy (non-hydrogen) atoms. The van der Waals surface area contributed by atoms with Crippen LogP contribution >= 0.6 is 0 Å². The van der Waals surface area contributed by atoms with E-state index in [4.69, 9.17) is 0 Å². The number of aromatic nitrogens is 3. The molecule has 1 aliphatic heterocycles. The topological polar surface area (TPSA) is 102 Å². The van der Waals surface area contributed by atoms with E-state index in [0.29, 0.717) is 30.6 Å². The van der Waals surface area contributed by atoms with Gasteiger partial charge in [-0.15, -0.1) is 0 Å². The molecular formula is C19H20N4O3. The molecule has 1 aromatic carbocycles. The Morgan fingerprint density at radius 2 is 2.15 bits per heavy atom. The van der Waals surface area contributed by atoms with Gasteiger partial charge >= 0.3 is 5.97 Å². The van der Waals surface area contributed by atoms with Crippen molar-refractivity contribution in [2.24, 2.45) is 0 Å². The van der Waals surface area contributed by atoms with Gasteiger partial charge in [-0.2, -0.15) is 0 Å². The van der Waals surface area contributed by atoms with Gasteiger partial charge in [0, 0.05) is 36.7 Å². The first-order valence-electron chi connectivity index (χ1n) is 8.53. The third-order valence-corrected chi connectivity index (χ3v) is 4.99. The van der Waals surface area contributed by atoms with Gasteiger partial charge in [0.05, 0.1) is 23.2 Å². The zero-order valence-electron chi connectivity index (χ0n) is 14.7. The van der Waals surface area contributed by atoms with Crippen LogP contribution in [0.1, 0.15) is 28.2 Å². The number of carbonyl (C=O) groups is 1. The minimum absolute atomic E-state index is 0.0494.